The monoisotopic (exact) mass is 467 g/mol. The zero-order valence-corrected chi connectivity index (χ0v) is 21.4. The quantitative estimate of drug-likeness (QED) is 0.436. The van der Waals surface area contributed by atoms with Crippen LogP contribution in [-0.2, 0) is 13.2 Å². The van der Waals surface area contributed by atoms with Gasteiger partial charge in [-0.15, -0.1) is 0 Å². The summed E-state index contributed by atoms with van der Waals surface area (Å²) in [4.78, 5) is 0. The Bertz CT molecular complexity index is 1020. The van der Waals surface area contributed by atoms with Gasteiger partial charge in [0, 0.05) is 12.1 Å². The molecular formula is C29H38ClNO2. The molecule has 1 N–H and O–H groups in total. The normalized spacial score (nSPS) is 32.2. The van der Waals surface area contributed by atoms with Crippen LogP contribution < -0.4 is 14.8 Å². The summed E-state index contributed by atoms with van der Waals surface area (Å²) in [6, 6.07) is 12.5. The molecule has 4 heteroatoms. The lowest BCUT2D eigenvalue weighted by molar-refractivity contribution is -0.118. The van der Waals surface area contributed by atoms with Crippen molar-refractivity contribution in [2.24, 2.45) is 16.7 Å². The SMILES string of the molecule is CCOc1cc(CNC23CC4CC(C)(CC(C)(C4)C2)C3)cc(Cl)c1OCc1cccc(C)c1. The number of ether oxygens (including phenoxy) is 2. The van der Waals surface area contributed by atoms with Gasteiger partial charge in [-0.25, -0.2) is 0 Å². The summed E-state index contributed by atoms with van der Waals surface area (Å²) in [5.74, 6) is 2.25. The van der Waals surface area contributed by atoms with Gasteiger partial charge in [0.1, 0.15) is 6.61 Å². The molecule has 0 radical (unpaired) electrons. The van der Waals surface area contributed by atoms with Gasteiger partial charge in [-0.05, 0) is 92.4 Å². The van der Waals surface area contributed by atoms with E-state index < -0.39 is 0 Å². The lowest BCUT2D eigenvalue weighted by atomic mass is 9.43. The highest BCUT2D eigenvalue weighted by molar-refractivity contribution is 6.32. The predicted octanol–water partition coefficient (Wildman–Crippen LogP) is 7.46. The van der Waals surface area contributed by atoms with E-state index in [1.165, 1.54) is 44.1 Å². The van der Waals surface area contributed by atoms with Crippen molar-refractivity contribution >= 4 is 11.6 Å². The highest BCUT2D eigenvalue weighted by atomic mass is 35.5. The van der Waals surface area contributed by atoms with E-state index >= 15 is 0 Å². The van der Waals surface area contributed by atoms with Crippen LogP contribution >= 0.6 is 11.6 Å². The van der Waals surface area contributed by atoms with Gasteiger partial charge in [0.05, 0.1) is 11.6 Å². The van der Waals surface area contributed by atoms with Gasteiger partial charge < -0.3 is 14.8 Å². The van der Waals surface area contributed by atoms with Crippen LogP contribution in [0.3, 0.4) is 0 Å². The third-order valence-electron chi connectivity index (χ3n) is 8.13. The van der Waals surface area contributed by atoms with E-state index in [2.05, 4.69) is 56.4 Å². The number of aryl methyl sites for hydroxylation is 1. The van der Waals surface area contributed by atoms with Gasteiger partial charge in [-0.1, -0.05) is 55.3 Å². The first-order valence-corrected chi connectivity index (χ1v) is 13.0. The number of rotatable bonds is 8. The van der Waals surface area contributed by atoms with Crippen LogP contribution in [0.5, 0.6) is 11.5 Å². The number of halogens is 1. The number of nitrogens with one attached hydrogen (secondary N) is 1. The van der Waals surface area contributed by atoms with E-state index in [1.54, 1.807) is 0 Å². The predicted molar refractivity (Wildman–Crippen MR) is 135 cm³/mol. The minimum Gasteiger partial charge on any atom is -0.490 e. The second-order valence-electron chi connectivity index (χ2n) is 11.9. The minimum atomic E-state index is 0.265. The fourth-order valence-electron chi connectivity index (χ4n) is 8.02. The summed E-state index contributed by atoms with van der Waals surface area (Å²) in [6.07, 6.45) is 8.15. The molecule has 0 aromatic heterocycles. The van der Waals surface area contributed by atoms with E-state index in [4.69, 9.17) is 21.1 Å². The molecule has 4 aliphatic rings. The fourth-order valence-corrected chi connectivity index (χ4v) is 8.31. The summed E-state index contributed by atoms with van der Waals surface area (Å²) in [7, 11) is 0. The average Bonchev–Trinajstić information content (AvgIpc) is 2.69. The molecular weight excluding hydrogens is 430 g/mol. The molecule has 0 amide bonds. The Hall–Kier alpha value is -1.71. The van der Waals surface area contributed by atoms with Crippen LogP contribution in [0.2, 0.25) is 5.02 Å². The standard InChI is InChI=1S/C29H38ClNO2/c1-5-32-25-11-22(10-24(30)26(25)33-16-21-8-6-7-20(2)9-21)15-31-29-14-23-12-27(3,18-29)17-28(4,13-23)19-29/h6-11,23,31H,5,12-19H2,1-4H3. The van der Waals surface area contributed by atoms with Crippen molar-refractivity contribution < 1.29 is 9.47 Å². The van der Waals surface area contributed by atoms with Crippen molar-refractivity contribution in [2.75, 3.05) is 6.61 Å². The first-order chi connectivity index (χ1) is 15.7. The number of hydrogen-bond donors (Lipinski definition) is 1. The third-order valence-corrected chi connectivity index (χ3v) is 8.41. The molecule has 3 nitrogen and oxygen atoms in total. The molecule has 0 heterocycles. The van der Waals surface area contributed by atoms with Crippen LogP contribution in [0, 0.1) is 23.7 Å². The lowest BCUT2D eigenvalue weighted by Crippen LogP contribution is -2.63. The molecule has 0 spiro atoms. The van der Waals surface area contributed by atoms with Crippen molar-refractivity contribution in [3.05, 3.63) is 58.1 Å². The van der Waals surface area contributed by atoms with Crippen molar-refractivity contribution in [3.63, 3.8) is 0 Å². The summed E-state index contributed by atoms with van der Waals surface area (Å²) < 4.78 is 12.1. The molecule has 0 saturated heterocycles. The highest BCUT2D eigenvalue weighted by Gasteiger charge is 2.59. The van der Waals surface area contributed by atoms with Gasteiger partial charge >= 0.3 is 0 Å². The van der Waals surface area contributed by atoms with Crippen molar-refractivity contribution in [1.29, 1.82) is 0 Å². The van der Waals surface area contributed by atoms with Crippen LogP contribution in [-0.4, -0.2) is 12.1 Å². The molecule has 4 bridgehead atoms. The second-order valence-corrected chi connectivity index (χ2v) is 12.3. The number of hydrogen-bond acceptors (Lipinski definition) is 3. The first kappa shape index (κ1) is 23.1. The van der Waals surface area contributed by atoms with Crippen molar-refractivity contribution in [2.45, 2.75) is 84.9 Å². The molecule has 4 saturated carbocycles. The molecule has 2 unspecified atom stereocenters. The molecule has 0 aliphatic heterocycles. The Balaban J connectivity index is 1.32. The Morgan fingerprint density at radius 1 is 0.970 bits per heavy atom. The van der Waals surface area contributed by atoms with Gasteiger partial charge in [0.15, 0.2) is 11.5 Å². The Morgan fingerprint density at radius 2 is 1.73 bits per heavy atom. The van der Waals surface area contributed by atoms with E-state index in [0.29, 0.717) is 34.8 Å². The Labute approximate surface area is 204 Å². The summed E-state index contributed by atoms with van der Waals surface area (Å²) in [6.45, 7) is 11.0. The van der Waals surface area contributed by atoms with E-state index in [9.17, 15) is 0 Å². The van der Waals surface area contributed by atoms with Gasteiger partial charge in [-0.2, -0.15) is 0 Å². The second kappa shape index (κ2) is 8.50. The maximum atomic E-state index is 6.73. The first-order valence-electron chi connectivity index (χ1n) is 12.6. The van der Waals surface area contributed by atoms with Crippen LogP contribution in [0.4, 0.5) is 0 Å². The Morgan fingerprint density at radius 3 is 2.39 bits per heavy atom. The zero-order valence-electron chi connectivity index (χ0n) is 20.6. The molecule has 4 aliphatic carbocycles. The van der Waals surface area contributed by atoms with E-state index in [0.717, 1.165) is 29.3 Å². The van der Waals surface area contributed by atoms with Crippen LogP contribution in [0.1, 0.15) is 76.0 Å². The summed E-state index contributed by atoms with van der Waals surface area (Å²) in [5, 5.41) is 4.64. The molecule has 2 aromatic carbocycles. The van der Waals surface area contributed by atoms with Gasteiger partial charge in [0.2, 0.25) is 0 Å². The molecule has 2 aromatic rings. The Kier molecular flexibility index (Phi) is 5.94. The van der Waals surface area contributed by atoms with E-state index in [1.807, 2.05) is 13.0 Å². The lowest BCUT2D eigenvalue weighted by Gasteiger charge is -2.65. The van der Waals surface area contributed by atoms with Crippen LogP contribution in [0.15, 0.2) is 36.4 Å². The van der Waals surface area contributed by atoms with Crippen molar-refractivity contribution in [1.82, 2.24) is 5.32 Å². The summed E-state index contributed by atoms with van der Waals surface area (Å²) in [5.41, 5.74) is 4.79. The molecule has 6 rings (SSSR count). The molecule has 4 fully saturated rings. The third kappa shape index (κ3) is 4.77. The fraction of sp³-hybridized carbons (Fsp3) is 0.586. The molecule has 33 heavy (non-hydrogen) atoms. The highest BCUT2D eigenvalue weighted by Crippen LogP contribution is 2.66. The molecule has 178 valence electrons. The zero-order chi connectivity index (χ0) is 23.3. The number of benzene rings is 2. The smallest absolute Gasteiger partial charge is 0.180 e. The largest absolute Gasteiger partial charge is 0.490 e. The van der Waals surface area contributed by atoms with Gasteiger partial charge in [-0.3, -0.25) is 0 Å². The maximum Gasteiger partial charge on any atom is 0.180 e. The topological polar surface area (TPSA) is 30.5 Å². The van der Waals surface area contributed by atoms with Crippen molar-refractivity contribution in [3.8, 4) is 11.5 Å². The molecule has 2 atom stereocenters. The minimum absolute atomic E-state index is 0.265. The van der Waals surface area contributed by atoms with Crippen LogP contribution in [0.25, 0.3) is 0 Å². The average molecular weight is 468 g/mol. The summed E-state index contributed by atoms with van der Waals surface area (Å²) >= 11 is 6.73. The van der Waals surface area contributed by atoms with E-state index in [-0.39, 0.29) is 5.54 Å². The van der Waals surface area contributed by atoms with Gasteiger partial charge in [0.25, 0.3) is 0 Å². The maximum absolute atomic E-state index is 6.73.